The van der Waals surface area contributed by atoms with E-state index < -0.39 is 17.6 Å². The molecule has 0 atom stereocenters. The number of aromatic carboxylic acids is 2. The Bertz CT molecular complexity index is 673. The molecule has 0 bridgehead atoms. The fraction of sp³-hybridized carbons (Fsp3) is 0.154. The van der Waals surface area contributed by atoms with E-state index in [9.17, 15) is 9.59 Å². The SMILES string of the molecule is Cc1ccccc1-n1nc(C(=O)O)c(C(=O)O)c1C. The third-order valence-electron chi connectivity index (χ3n) is 2.88. The molecule has 0 spiro atoms. The van der Waals surface area contributed by atoms with Crippen LogP contribution in [0, 0.1) is 13.8 Å². The first-order chi connectivity index (χ1) is 8.93. The molecule has 0 radical (unpaired) electrons. The minimum Gasteiger partial charge on any atom is -0.478 e. The van der Waals surface area contributed by atoms with E-state index in [4.69, 9.17) is 10.2 Å². The Kier molecular flexibility index (Phi) is 3.08. The van der Waals surface area contributed by atoms with Gasteiger partial charge < -0.3 is 10.2 Å². The monoisotopic (exact) mass is 260 g/mol. The molecule has 1 heterocycles. The molecule has 0 unspecified atom stereocenters. The zero-order valence-corrected chi connectivity index (χ0v) is 10.4. The van der Waals surface area contributed by atoms with Crippen molar-refractivity contribution in [2.75, 3.05) is 0 Å². The summed E-state index contributed by atoms with van der Waals surface area (Å²) in [6.45, 7) is 3.38. The van der Waals surface area contributed by atoms with Gasteiger partial charge in [0.1, 0.15) is 5.56 Å². The van der Waals surface area contributed by atoms with E-state index in [-0.39, 0.29) is 5.56 Å². The first-order valence-electron chi connectivity index (χ1n) is 5.55. The Hall–Kier alpha value is -2.63. The van der Waals surface area contributed by atoms with Crippen LogP contribution in [0.4, 0.5) is 0 Å². The number of rotatable bonds is 3. The Morgan fingerprint density at radius 3 is 2.21 bits per heavy atom. The van der Waals surface area contributed by atoms with Crippen molar-refractivity contribution >= 4 is 11.9 Å². The van der Waals surface area contributed by atoms with Gasteiger partial charge in [-0.2, -0.15) is 5.10 Å². The lowest BCUT2D eigenvalue weighted by molar-refractivity contribution is 0.0648. The number of para-hydroxylation sites is 1. The van der Waals surface area contributed by atoms with E-state index in [0.717, 1.165) is 5.56 Å². The lowest BCUT2D eigenvalue weighted by atomic mass is 10.1. The summed E-state index contributed by atoms with van der Waals surface area (Å²) in [6, 6.07) is 7.22. The lowest BCUT2D eigenvalue weighted by Gasteiger charge is -2.07. The normalized spacial score (nSPS) is 10.4. The van der Waals surface area contributed by atoms with Gasteiger partial charge in [0.2, 0.25) is 0 Å². The van der Waals surface area contributed by atoms with Crippen LogP contribution >= 0.6 is 0 Å². The minimum atomic E-state index is -1.35. The lowest BCUT2D eigenvalue weighted by Crippen LogP contribution is -2.07. The summed E-state index contributed by atoms with van der Waals surface area (Å²) in [7, 11) is 0. The van der Waals surface area contributed by atoms with Gasteiger partial charge in [-0.3, -0.25) is 0 Å². The average Bonchev–Trinajstić information content (AvgIpc) is 2.68. The van der Waals surface area contributed by atoms with Gasteiger partial charge in [-0.05, 0) is 25.5 Å². The second-order valence-electron chi connectivity index (χ2n) is 4.12. The summed E-state index contributed by atoms with van der Waals surface area (Å²) in [5, 5.41) is 22.0. The van der Waals surface area contributed by atoms with Crippen LogP contribution in [-0.4, -0.2) is 31.9 Å². The highest BCUT2D eigenvalue weighted by Gasteiger charge is 2.26. The molecule has 0 aliphatic heterocycles. The van der Waals surface area contributed by atoms with Crippen molar-refractivity contribution in [3.63, 3.8) is 0 Å². The number of benzene rings is 1. The number of carboxylic acids is 2. The van der Waals surface area contributed by atoms with E-state index >= 15 is 0 Å². The van der Waals surface area contributed by atoms with Crippen molar-refractivity contribution in [2.45, 2.75) is 13.8 Å². The minimum absolute atomic E-state index is 0.282. The molecule has 0 amide bonds. The number of carboxylic acid groups (broad SMARTS) is 2. The number of hydrogen-bond donors (Lipinski definition) is 2. The van der Waals surface area contributed by atoms with Crippen LogP contribution < -0.4 is 0 Å². The maximum Gasteiger partial charge on any atom is 0.357 e. The van der Waals surface area contributed by atoms with Crippen LogP contribution in [0.5, 0.6) is 0 Å². The van der Waals surface area contributed by atoms with Crippen LogP contribution in [-0.2, 0) is 0 Å². The van der Waals surface area contributed by atoms with E-state index in [0.29, 0.717) is 11.4 Å². The van der Waals surface area contributed by atoms with Gasteiger partial charge in [-0.1, -0.05) is 18.2 Å². The first kappa shape index (κ1) is 12.8. The molecule has 1 aromatic carbocycles. The van der Waals surface area contributed by atoms with Gasteiger partial charge in [-0.25, -0.2) is 14.3 Å². The van der Waals surface area contributed by atoms with Crippen LogP contribution in [0.3, 0.4) is 0 Å². The van der Waals surface area contributed by atoms with Crippen molar-refractivity contribution < 1.29 is 19.8 Å². The van der Waals surface area contributed by atoms with E-state index in [1.165, 1.54) is 11.6 Å². The van der Waals surface area contributed by atoms with E-state index in [2.05, 4.69) is 5.10 Å². The molecule has 0 saturated heterocycles. The maximum atomic E-state index is 11.2. The first-order valence-corrected chi connectivity index (χ1v) is 5.55. The molecule has 2 aromatic rings. The predicted octanol–water partition coefficient (Wildman–Crippen LogP) is 1.89. The largest absolute Gasteiger partial charge is 0.478 e. The van der Waals surface area contributed by atoms with Crippen molar-refractivity contribution in [2.24, 2.45) is 0 Å². The van der Waals surface area contributed by atoms with Gasteiger partial charge in [0.25, 0.3) is 0 Å². The summed E-state index contributed by atoms with van der Waals surface area (Å²) in [4.78, 5) is 22.2. The van der Waals surface area contributed by atoms with Crippen molar-refractivity contribution in [1.29, 1.82) is 0 Å². The number of carbonyl (C=O) groups is 2. The second-order valence-corrected chi connectivity index (χ2v) is 4.12. The average molecular weight is 260 g/mol. The summed E-state index contributed by atoms with van der Waals surface area (Å²) in [6.07, 6.45) is 0. The number of aryl methyl sites for hydroxylation is 1. The molecule has 2 N–H and O–H groups in total. The quantitative estimate of drug-likeness (QED) is 0.879. The van der Waals surface area contributed by atoms with Crippen LogP contribution in [0.2, 0.25) is 0 Å². The molecule has 98 valence electrons. The molecule has 0 aliphatic carbocycles. The Morgan fingerprint density at radius 2 is 1.74 bits per heavy atom. The van der Waals surface area contributed by atoms with Crippen molar-refractivity contribution in [3.8, 4) is 5.69 Å². The van der Waals surface area contributed by atoms with Crippen LogP contribution in [0.25, 0.3) is 5.69 Å². The van der Waals surface area contributed by atoms with E-state index in [1.54, 1.807) is 12.1 Å². The van der Waals surface area contributed by atoms with Gasteiger partial charge in [-0.15, -0.1) is 0 Å². The standard InChI is InChI=1S/C13H12N2O4/c1-7-5-3-4-6-9(7)15-8(2)10(12(16)17)11(14-15)13(18)19/h3-6H,1-2H3,(H,16,17)(H,18,19). The van der Waals surface area contributed by atoms with Crippen LogP contribution in [0.1, 0.15) is 32.1 Å². The molecule has 0 saturated carbocycles. The zero-order chi connectivity index (χ0) is 14.2. The van der Waals surface area contributed by atoms with Crippen molar-refractivity contribution in [1.82, 2.24) is 9.78 Å². The zero-order valence-electron chi connectivity index (χ0n) is 10.4. The molecule has 0 fully saturated rings. The summed E-state index contributed by atoms with van der Waals surface area (Å²) >= 11 is 0. The smallest absolute Gasteiger partial charge is 0.357 e. The molecule has 2 rings (SSSR count). The van der Waals surface area contributed by atoms with E-state index in [1.807, 2.05) is 19.1 Å². The third-order valence-corrected chi connectivity index (χ3v) is 2.88. The number of aromatic nitrogens is 2. The van der Waals surface area contributed by atoms with Gasteiger partial charge in [0.05, 0.1) is 11.4 Å². The predicted molar refractivity (Wildman–Crippen MR) is 67.0 cm³/mol. The number of nitrogens with zero attached hydrogens (tertiary/aromatic N) is 2. The summed E-state index contributed by atoms with van der Waals surface area (Å²) in [5.74, 6) is -2.65. The van der Waals surface area contributed by atoms with Gasteiger partial charge in [0, 0.05) is 0 Å². The Morgan fingerprint density at radius 1 is 1.11 bits per heavy atom. The second kappa shape index (κ2) is 4.56. The summed E-state index contributed by atoms with van der Waals surface area (Å²) in [5.41, 5.74) is 1.10. The molecular formula is C13H12N2O4. The maximum absolute atomic E-state index is 11.2. The molecule has 6 heteroatoms. The molecule has 19 heavy (non-hydrogen) atoms. The van der Waals surface area contributed by atoms with Crippen molar-refractivity contribution in [3.05, 3.63) is 46.8 Å². The highest BCUT2D eigenvalue weighted by Crippen LogP contribution is 2.20. The Balaban J connectivity index is 2.74. The Labute approximate surface area is 108 Å². The van der Waals surface area contributed by atoms with Gasteiger partial charge in [0.15, 0.2) is 5.69 Å². The highest BCUT2D eigenvalue weighted by atomic mass is 16.4. The fourth-order valence-electron chi connectivity index (χ4n) is 1.94. The molecular weight excluding hydrogens is 248 g/mol. The fourth-order valence-corrected chi connectivity index (χ4v) is 1.94. The molecule has 6 nitrogen and oxygen atoms in total. The topological polar surface area (TPSA) is 92.4 Å². The molecule has 1 aromatic heterocycles. The third kappa shape index (κ3) is 2.08. The molecule has 0 aliphatic rings. The summed E-state index contributed by atoms with van der Waals surface area (Å²) < 4.78 is 1.35. The van der Waals surface area contributed by atoms with Gasteiger partial charge >= 0.3 is 11.9 Å². The number of hydrogen-bond acceptors (Lipinski definition) is 3. The van der Waals surface area contributed by atoms with Crippen LogP contribution in [0.15, 0.2) is 24.3 Å². The highest BCUT2D eigenvalue weighted by molar-refractivity contribution is 6.01.